The largest absolute Gasteiger partial charge is 0.463 e. The third-order valence-corrected chi connectivity index (χ3v) is 5.02. The van der Waals surface area contributed by atoms with E-state index in [9.17, 15) is 67.1 Å². The number of alkyl halides is 12. The molecule has 6 unspecified atom stereocenters. The monoisotopic (exact) mass is 967 g/mol. The zero-order valence-electron chi connectivity index (χ0n) is 40.8. The van der Waals surface area contributed by atoms with E-state index in [1.54, 1.807) is 14.2 Å². The second-order valence-electron chi connectivity index (χ2n) is 13.1. The molecular weight excluding hydrogens is 888 g/mol. The molecule has 0 fully saturated rings. The molecule has 0 rings (SSSR count). The molecule has 63 heavy (non-hydrogen) atoms. The molecule has 0 aliphatic carbocycles. The van der Waals surface area contributed by atoms with E-state index in [0.717, 1.165) is 55.3 Å². The molecule has 0 N–H and O–H groups in total. The molecule has 0 amide bonds. The molecule has 0 aromatic heterocycles. The van der Waals surface area contributed by atoms with Crippen LogP contribution < -0.4 is 0 Å². The summed E-state index contributed by atoms with van der Waals surface area (Å²) in [5.74, 6) is -2.41. The first-order valence-electron chi connectivity index (χ1n) is 18.8. The lowest BCUT2D eigenvalue weighted by Gasteiger charge is -2.14. The van der Waals surface area contributed by atoms with Crippen molar-refractivity contribution in [3.8, 4) is 0 Å². The van der Waals surface area contributed by atoms with E-state index in [1.807, 2.05) is 27.7 Å². The van der Waals surface area contributed by atoms with Crippen LogP contribution in [0.25, 0.3) is 0 Å². The van der Waals surface area contributed by atoms with Crippen molar-refractivity contribution in [3.05, 3.63) is 0 Å². The SMILES string of the molecule is CC(=O)OC(C)C.CC(=O)OC(C)C(F)(F)F.CC(=O)OC(C)F.COC(C)C.COC(C)C(F)(F)F.COC(C)F.COCC(C)C.COCC(C)C(F)(F)F.COCC(C)F. The minimum Gasteiger partial charge on any atom is -0.463 e. The first-order chi connectivity index (χ1) is 28.1. The van der Waals surface area contributed by atoms with Gasteiger partial charge >= 0.3 is 36.4 Å². The molecule has 0 aromatic rings. The average molecular weight is 967 g/mol. The van der Waals surface area contributed by atoms with Gasteiger partial charge in [0.25, 0.3) is 0 Å². The summed E-state index contributed by atoms with van der Waals surface area (Å²) >= 11 is 0. The van der Waals surface area contributed by atoms with Gasteiger partial charge in [0.1, 0.15) is 12.3 Å². The summed E-state index contributed by atoms with van der Waals surface area (Å²) in [5.41, 5.74) is 0. The van der Waals surface area contributed by atoms with Crippen molar-refractivity contribution in [2.24, 2.45) is 11.8 Å². The Kier molecular flexibility index (Phi) is 64.4. The van der Waals surface area contributed by atoms with Gasteiger partial charge in [-0.25, -0.2) is 13.2 Å². The highest BCUT2D eigenvalue weighted by Gasteiger charge is 2.38. The number of hydrogen-bond donors (Lipinski definition) is 0. The van der Waals surface area contributed by atoms with Gasteiger partial charge < -0.3 is 42.6 Å². The fourth-order valence-electron chi connectivity index (χ4n) is 1.92. The number of carbonyl (C=O) groups excluding carboxylic acids is 3. The predicted octanol–water partition coefficient (Wildman–Crippen LogP) is 11.0. The van der Waals surface area contributed by atoms with Gasteiger partial charge in [-0.1, -0.05) is 20.8 Å². The molecule has 0 aliphatic heterocycles. The van der Waals surface area contributed by atoms with Crippen LogP contribution in [0.15, 0.2) is 0 Å². The van der Waals surface area contributed by atoms with Gasteiger partial charge in [0.15, 0.2) is 12.5 Å². The van der Waals surface area contributed by atoms with Crippen LogP contribution in [-0.4, -0.2) is 142 Å². The molecule has 0 spiro atoms. The second kappa shape index (κ2) is 50.3. The number of rotatable bonds is 12. The Morgan fingerprint density at radius 3 is 0.762 bits per heavy atom. The molecule has 12 nitrogen and oxygen atoms in total. The smallest absolute Gasteiger partial charge is 0.425 e. The summed E-state index contributed by atoms with van der Waals surface area (Å²) < 4.78 is 176. The predicted molar refractivity (Wildman–Crippen MR) is 215 cm³/mol. The Morgan fingerprint density at radius 2 is 0.730 bits per heavy atom. The molecule has 24 heteroatoms. The number of hydrogen-bond acceptors (Lipinski definition) is 12. The van der Waals surface area contributed by atoms with E-state index < -0.39 is 67.5 Å². The molecule has 6 atom stereocenters. The summed E-state index contributed by atoms with van der Waals surface area (Å²) in [6.07, 6.45) is -19.4. The van der Waals surface area contributed by atoms with E-state index in [-0.39, 0.29) is 25.3 Å². The molecule has 0 aliphatic rings. The zero-order chi connectivity index (χ0) is 52.9. The summed E-state index contributed by atoms with van der Waals surface area (Å²) in [6, 6.07) is 0. The second-order valence-corrected chi connectivity index (χ2v) is 13.1. The Morgan fingerprint density at radius 1 is 0.413 bits per heavy atom. The van der Waals surface area contributed by atoms with Gasteiger partial charge in [-0.2, -0.15) is 39.5 Å². The number of ether oxygens (including phenoxy) is 9. The Labute approximate surface area is 367 Å². The van der Waals surface area contributed by atoms with Crippen molar-refractivity contribution in [2.75, 3.05) is 62.5 Å². The Bertz CT molecular complexity index is 928. The van der Waals surface area contributed by atoms with Crippen molar-refractivity contribution < 1.29 is 110 Å². The highest BCUT2D eigenvalue weighted by atomic mass is 19.4. The van der Waals surface area contributed by atoms with Gasteiger partial charge in [-0.05, 0) is 61.3 Å². The first-order valence-corrected chi connectivity index (χ1v) is 18.8. The van der Waals surface area contributed by atoms with Crippen molar-refractivity contribution in [1.29, 1.82) is 0 Å². The van der Waals surface area contributed by atoms with Crippen LogP contribution >= 0.6 is 0 Å². The topological polar surface area (TPSA) is 134 Å². The fourth-order valence-corrected chi connectivity index (χ4v) is 1.92. The third kappa shape index (κ3) is 109. The van der Waals surface area contributed by atoms with Gasteiger partial charge in [0.05, 0.1) is 31.3 Å². The van der Waals surface area contributed by atoms with Gasteiger partial charge in [-0.15, -0.1) is 0 Å². The number of halogens is 12. The molecule has 0 saturated carbocycles. The van der Waals surface area contributed by atoms with Gasteiger partial charge in [-0.3, -0.25) is 14.4 Å². The lowest BCUT2D eigenvalue weighted by atomic mass is 10.2. The molecule has 0 bridgehead atoms. The number of esters is 3. The Hall–Kier alpha value is -2.67. The first kappa shape index (κ1) is 80.6. The molecular formula is C39H78F12O12. The molecule has 0 saturated heterocycles. The van der Waals surface area contributed by atoms with Crippen LogP contribution in [0.4, 0.5) is 52.7 Å². The number of methoxy groups -OCH3 is 6. The standard InChI is InChI=1S/C5H7F3O2.C5H9F3O.C5H10O2.C5H12O.C4H7F3O.C4H7FO2.C4H9FO.C4H10O.C3H7FO/c1-3(5(6,7)8)10-4(2)9;1-4(3-9-2)5(6,7)8;1-4(2)7-5(3)6;1-5(2)4-6-3;1-3(8-2)4(5,6)7;1-3(5)7-4(2)6;1-4(5)3-6-2;1-4(2)5-3;1-3(4)5-2/h3H,1-2H3;4H,3H2,1-2H3;4H,1-3H3;5H,4H2,1-3H3;3H,1-2H3;3H,1-2H3;4H,3H2,1-2H3;4H,1-3H3;3H,1-2H3. The van der Waals surface area contributed by atoms with Crippen LogP contribution in [0.2, 0.25) is 0 Å². The minimum atomic E-state index is -4.45. The van der Waals surface area contributed by atoms with E-state index in [2.05, 4.69) is 47.0 Å². The molecule has 390 valence electrons. The summed E-state index contributed by atoms with van der Waals surface area (Å²) in [7, 11) is 8.51. The van der Waals surface area contributed by atoms with Crippen molar-refractivity contribution in [3.63, 3.8) is 0 Å². The van der Waals surface area contributed by atoms with E-state index in [0.29, 0.717) is 12.0 Å². The maximum absolute atomic E-state index is 11.6. The highest BCUT2D eigenvalue weighted by molar-refractivity contribution is 5.66. The quantitative estimate of drug-likeness (QED) is 0.105. The van der Waals surface area contributed by atoms with E-state index >= 15 is 0 Å². The lowest BCUT2D eigenvalue weighted by molar-refractivity contribution is -0.214. The summed E-state index contributed by atoms with van der Waals surface area (Å²) in [4.78, 5) is 29.8. The van der Waals surface area contributed by atoms with Gasteiger partial charge in [0, 0.05) is 77.0 Å². The maximum atomic E-state index is 11.6. The van der Waals surface area contributed by atoms with Crippen LogP contribution in [0, 0.1) is 11.8 Å². The van der Waals surface area contributed by atoms with Crippen molar-refractivity contribution >= 4 is 17.9 Å². The Balaban J connectivity index is -0.0000000751. The third-order valence-electron chi connectivity index (χ3n) is 5.02. The highest BCUT2D eigenvalue weighted by Crippen LogP contribution is 2.25. The van der Waals surface area contributed by atoms with Gasteiger partial charge in [0.2, 0.25) is 6.36 Å². The van der Waals surface area contributed by atoms with Crippen molar-refractivity contribution in [2.45, 2.75) is 166 Å². The zero-order valence-corrected chi connectivity index (χ0v) is 40.8. The molecule has 0 heterocycles. The fraction of sp³-hybridized carbons (Fsp3) is 0.923. The lowest BCUT2D eigenvalue weighted by Crippen LogP contribution is -2.29. The van der Waals surface area contributed by atoms with Crippen LogP contribution in [0.3, 0.4) is 0 Å². The van der Waals surface area contributed by atoms with Crippen LogP contribution in [0.1, 0.15) is 104 Å². The van der Waals surface area contributed by atoms with E-state index in [1.165, 1.54) is 42.1 Å². The van der Waals surface area contributed by atoms with Crippen molar-refractivity contribution in [1.82, 2.24) is 0 Å². The molecule has 0 aromatic carbocycles. The number of carbonyl (C=O) groups is 3. The summed E-state index contributed by atoms with van der Waals surface area (Å²) in [6.45, 7) is 23.0. The average Bonchev–Trinajstić information content (AvgIpc) is 3.07. The molecule has 0 radical (unpaired) electrons. The van der Waals surface area contributed by atoms with Crippen LogP contribution in [-0.2, 0) is 57.0 Å². The van der Waals surface area contributed by atoms with Crippen LogP contribution in [0.5, 0.6) is 0 Å². The minimum absolute atomic E-state index is 0.0255. The normalized spacial score (nSPS) is 13.3. The van der Waals surface area contributed by atoms with E-state index in [4.69, 9.17) is 9.47 Å². The maximum Gasteiger partial charge on any atom is 0.425 e. The summed E-state index contributed by atoms with van der Waals surface area (Å²) in [5, 5.41) is 0.